The van der Waals surface area contributed by atoms with E-state index in [4.69, 9.17) is 25.5 Å². The summed E-state index contributed by atoms with van der Waals surface area (Å²) in [6, 6.07) is 5.08. The highest BCUT2D eigenvalue weighted by molar-refractivity contribution is 6.35. The van der Waals surface area contributed by atoms with Crippen LogP contribution in [0.5, 0.6) is 0 Å². The van der Waals surface area contributed by atoms with Gasteiger partial charge >= 0.3 is 11.9 Å². The Morgan fingerprint density at radius 2 is 1.85 bits per heavy atom. The second-order valence-electron chi connectivity index (χ2n) is 7.81. The molecule has 2 aromatic rings. The zero-order valence-corrected chi connectivity index (χ0v) is 16.4. The van der Waals surface area contributed by atoms with Crippen molar-refractivity contribution in [1.82, 2.24) is 0 Å². The molecule has 1 fully saturated rings. The molecule has 1 aliphatic carbocycles. The van der Waals surface area contributed by atoms with Crippen molar-refractivity contribution >= 4 is 40.3 Å². The molecule has 0 aliphatic heterocycles. The Hall–Kier alpha value is -2.34. The molecule has 1 aromatic carbocycles. The molecule has 0 amide bonds. The minimum absolute atomic E-state index is 0.161. The van der Waals surface area contributed by atoms with Crippen LogP contribution in [0.15, 0.2) is 22.6 Å². The summed E-state index contributed by atoms with van der Waals surface area (Å²) in [4.78, 5) is 36.4. The fourth-order valence-corrected chi connectivity index (χ4v) is 3.07. The second-order valence-corrected chi connectivity index (χ2v) is 8.22. The summed E-state index contributed by atoms with van der Waals surface area (Å²) in [6.45, 7) is 6.47. The summed E-state index contributed by atoms with van der Waals surface area (Å²) in [5.74, 6) is -1.43. The molecule has 1 aliphatic rings. The number of benzene rings is 1. The number of halogens is 1. The number of aryl methyl sites for hydroxylation is 1. The van der Waals surface area contributed by atoms with E-state index in [2.05, 4.69) is 0 Å². The first-order valence-electron chi connectivity index (χ1n) is 8.65. The highest BCUT2D eigenvalue weighted by Crippen LogP contribution is 2.43. The number of esters is 2. The maximum atomic E-state index is 12.7. The number of Topliss-reactive ketones (excluding diaryl/α,β-unsaturated/α-hetero) is 1. The fourth-order valence-electron chi connectivity index (χ4n) is 2.81. The Kier molecular flexibility index (Phi) is 5.04. The van der Waals surface area contributed by atoms with Crippen molar-refractivity contribution in [3.63, 3.8) is 0 Å². The summed E-state index contributed by atoms with van der Waals surface area (Å²) >= 11 is 6.19. The highest BCUT2D eigenvalue weighted by atomic mass is 35.5. The quantitative estimate of drug-likeness (QED) is 0.428. The van der Waals surface area contributed by atoms with Crippen LogP contribution in [0.1, 0.15) is 43.3 Å². The van der Waals surface area contributed by atoms with Gasteiger partial charge in [0.05, 0.1) is 16.4 Å². The summed E-state index contributed by atoms with van der Waals surface area (Å²) in [5, 5.41) is 1.11. The third-order valence-corrected chi connectivity index (χ3v) is 4.69. The molecular formula is C20H21ClO6. The number of fused-ring (bicyclic) bond motifs is 1. The third kappa shape index (κ3) is 4.16. The fraction of sp³-hybridized carbons (Fsp3) is 0.450. The van der Waals surface area contributed by atoms with E-state index in [-0.39, 0.29) is 5.78 Å². The molecule has 3 rings (SSSR count). The van der Waals surface area contributed by atoms with Gasteiger partial charge in [0.1, 0.15) is 5.76 Å². The molecule has 0 spiro atoms. The van der Waals surface area contributed by atoms with Crippen LogP contribution in [-0.4, -0.2) is 24.5 Å². The maximum absolute atomic E-state index is 12.7. The van der Waals surface area contributed by atoms with Gasteiger partial charge in [0.15, 0.2) is 11.4 Å². The Bertz CT molecular complexity index is 920. The lowest BCUT2D eigenvalue weighted by molar-refractivity contribution is -0.174. The van der Waals surface area contributed by atoms with Crippen molar-refractivity contribution in [1.29, 1.82) is 0 Å². The van der Waals surface area contributed by atoms with Gasteiger partial charge in [-0.25, -0.2) is 0 Å². The van der Waals surface area contributed by atoms with Gasteiger partial charge in [0, 0.05) is 16.9 Å². The summed E-state index contributed by atoms with van der Waals surface area (Å²) < 4.78 is 15.4. The monoisotopic (exact) mass is 392 g/mol. The van der Waals surface area contributed by atoms with Crippen molar-refractivity contribution in [2.75, 3.05) is 6.79 Å². The van der Waals surface area contributed by atoms with Crippen LogP contribution < -0.4 is 0 Å². The average Bonchev–Trinajstić information content (AvgIpc) is 3.28. The minimum atomic E-state index is -0.673. The lowest BCUT2D eigenvalue weighted by Gasteiger charge is -2.16. The predicted molar refractivity (Wildman–Crippen MR) is 98.4 cm³/mol. The van der Waals surface area contributed by atoms with Gasteiger partial charge in [-0.2, -0.15) is 0 Å². The molecule has 2 unspecified atom stereocenters. The maximum Gasteiger partial charge on any atom is 0.314 e. The normalized spacial score (nSPS) is 19.0. The molecule has 27 heavy (non-hydrogen) atoms. The smallest absolute Gasteiger partial charge is 0.314 e. The summed E-state index contributed by atoms with van der Waals surface area (Å²) in [6.07, 6.45) is 0.408. The largest absolute Gasteiger partial charge is 0.460 e. The van der Waals surface area contributed by atoms with Crippen molar-refractivity contribution in [3.8, 4) is 0 Å². The van der Waals surface area contributed by atoms with Crippen molar-refractivity contribution in [2.24, 2.45) is 17.3 Å². The molecule has 7 heteroatoms. The molecule has 6 nitrogen and oxygen atoms in total. The summed E-state index contributed by atoms with van der Waals surface area (Å²) in [7, 11) is 0. The standard InChI is InChI=1S/C20H21ClO6/c1-10-5-12-6-11(7-15(21)17(12)27-10)16(22)13-8-14(13)18(23)25-9-26-19(24)20(2,3)4/h5-7,13-14H,8-9H2,1-4H3. The van der Waals surface area contributed by atoms with Crippen LogP contribution in [0.3, 0.4) is 0 Å². The van der Waals surface area contributed by atoms with Crippen molar-refractivity contribution in [2.45, 2.75) is 34.1 Å². The van der Waals surface area contributed by atoms with E-state index in [1.807, 2.05) is 0 Å². The van der Waals surface area contributed by atoms with E-state index in [9.17, 15) is 14.4 Å². The molecule has 1 saturated carbocycles. The predicted octanol–water partition coefficient (Wildman–Crippen LogP) is 4.30. The number of carbonyl (C=O) groups is 3. The first kappa shape index (κ1) is 19.4. The summed E-state index contributed by atoms with van der Waals surface area (Å²) in [5.41, 5.74) is 0.305. The Morgan fingerprint density at radius 3 is 2.52 bits per heavy atom. The number of hydrogen-bond acceptors (Lipinski definition) is 6. The molecule has 1 heterocycles. The van der Waals surface area contributed by atoms with Gasteiger partial charge in [-0.3, -0.25) is 14.4 Å². The van der Waals surface area contributed by atoms with Crippen LogP contribution in [-0.2, 0) is 19.1 Å². The van der Waals surface area contributed by atoms with Gasteiger partial charge in [-0.15, -0.1) is 0 Å². The van der Waals surface area contributed by atoms with Gasteiger partial charge in [0.2, 0.25) is 6.79 Å². The topological polar surface area (TPSA) is 82.8 Å². The van der Waals surface area contributed by atoms with E-state index < -0.39 is 36.0 Å². The number of rotatable bonds is 5. The molecule has 0 radical (unpaired) electrons. The first-order chi connectivity index (χ1) is 12.6. The number of carbonyl (C=O) groups excluding carboxylic acids is 3. The van der Waals surface area contributed by atoms with E-state index >= 15 is 0 Å². The number of ketones is 1. The van der Waals surface area contributed by atoms with Crippen LogP contribution in [0.25, 0.3) is 11.0 Å². The molecule has 0 bridgehead atoms. The zero-order chi connectivity index (χ0) is 19.9. The highest BCUT2D eigenvalue weighted by Gasteiger charge is 2.49. The molecular weight excluding hydrogens is 372 g/mol. The number of hydrogen-bond donors (Lipinski definition) is 0. The SMILES string of the molecule is Cc1cc2cc(C(=O)C3CC3C(=O)OCOC(=O)C(C)(C)C)cc(Cl)c2o1. The van der Waals surface area contributed by atoms with Crippen LogP contribution >= 0.6 is 11.6 Å². The number of furan rings is 1. The lowest BCUT2D eigenvalue weighted by Crippen LogP contribution is -2.25. The Morgan fingerprint density at radius 1 is 1.15 bits per heavy atom. The molecule has 0 saturated heterocycles. The van der Waals surface area contributed by atoms with Gasteiger partial charge in [0.25, 0.3) is 0 Å². The lowest BCUT2D eigenvalue weighted by atomic mass is 9.98. The van der Waals surface area contributed by atoms with E-state index in [0.29, 0.717) is 28.4 Å². The van der Waals surface area contributed by atoms with E-state index in [0.717, 1.165) is 5.39 Å². The molecule has 0 N–H and O–H groups in total. The minimum Gasteiger partial charge on any atom is -0.460 e. The molecule has 2 atom stereocenters. The van der Waals surface area contributed by atoms with E-state index in [1.165, 1.54) is 0 Å². The first-order valence-corrected chi connectivity index (χ1v) is 9.03. The number of ether oxygens (including phenoxy) is 2. The Balaban J connectivity index is 1.59. The van der Waals surface area contributed by atoms with Gasteiger partial charge in [-0.05, 0) is 52.3 Å². The van der Waals surface area contributed by atoms with Gasteiger partial charge in [-0.1, -0.05) is 11.6 Å². The Labute approximate surface area is 161 Å². The van der Waals surface area contributed by atoms with Gasteiger partial charge < -0.3 is 13.9 Å². The van der Waals surface area contributed by atoms with Crippen LogP contribution in [0, 0.1) is 24.2 Å². The van der Waals surface area contributed by atoms with E-state index in [1.54, 1.807) is 45.9 Å². The average molecular weight is 393 g/mol. The second kappa shape index (κ2) is 7.00. The molecule has 144 valence electrons. The van der Waals surface area contributed by atoms with Crippen molar-refractivity contribution < 1.29 is 28.3 Å². The van der Waals surface area contributed by atoms with Crippen LogP contribution in [0.4, 0.5) is 0 Å². The molecule has 1 aromatic heterocycles. The third-order valence-electron chi connectivity index (χ3n) is 4.41. The zero-order valence-electron chi connectivity index (χ0n) is 15.6. The van der Waals surface area contributed by atoms with Crippen molar-refractivity contribution in [3.05, 3.63) is 34.5 Å². The van der Waals surface area contributed by atoms with Crippen LogP contribution in [0.2, 0.25) is 5.02 Å².